The van der Waals surface area contributed by atoms with E-state index in [-0.39, 0.29) is 0 Å². The molecule has 8 heteroatoms. The van der Waals surface area contributed by atoms with E-state index < -0.39 is 0 Å². The van der Waals surface area contributed by atoms with Crippen molar-refractivity contribution in [3.05, 3.63) is 24.3 Å². The first kappa shape index (κ1) is 11.1. The molecule has 1 aromatic carbocycles. The molecule has 0 aliphatic carbocycles. The Morgan fingerprint density at radius 1 is 1.21 bits per heavy atom. The molecule has 5 nitrogen and oxygen atoms in total. The molecule has 0 saturated heterocycles. The van der Waals surface area contributed by atoms with Crippen LogP contribution in [0.5, 0.6) is 0 Å². The lowest BCUT2D eigenvalue weighted by Gasteiger charge is -1.78. The molecule has 0 fully saturated rings. The molecule has 70 valence electrons. The van der Waals surface area contributed by atoms with E-state index >= 15 is 0 Å². The van der Waals surface area contributed by atoms with Crippen LogP contribution in [0.1, 0.15) is 0 Å². The molecule has 0 unspecified atom stereocenters. The van der Waals surface area contributed by atoms with Crippen molar-refractivity contribution in [3.63, 3.8) is 0 Å². The third-order valence-electron chi connectivity index (χ3n) is 1.27. The smallest absolute Gasteiger partial charge is 0.456 e. The second kappa shape index (κ2) is 6.50. The first-order chi connectivity index (χ1) is 6.88. The van der Waals surface area contributed by atoms with Gasteiger partial charge in [-0.25, -0.2) is 0 Å². The van der Waals surface area contributed by atoms with Gasteiger partial charge >= 0.3 is 15.4 Å². The van der Waals surface area contributed by atoms with Crippen molar-refractivity contribution >= 4 is 37.1 Å². The number of aromatic nitrogens is 2. The van der Waals surface area contributed by atoms with Gasteiger partial charge in [0.2, 0.25) is 0 Å². The van der Waals surface area contributed by atoms with Gasteiger partial charge < -0.3 is 14.6 Å². The van der Waals surface area contributed by atoms with Crippen molar-refractivity contribution in [2.75, 3.05) is 0 Å². The number of fused-ring (bicyclic) bond motifs is 1. The van der Waals surface area contributed by atoms with Crippen LogP contribution in [0.4, 0.5) is 0 Å². The van der Waals surface area contributed by atoms with Crippen LogP contribution in [0.2, 0.25) is 0 Å². The van der Waals surface area contributed by atoms with Gasteiger partial charge in [0.05, 0.1) is 4.70 Å². The molecule has 1 aromatic heterocycles. The lowest BCUT2D eigenvalue weighted by atomic mass is 10.3. The van der Waals surface area contributed by atoms with Crippen molar-refractivity contribution in [1.82, 2.24) is 9.59 Å². The fourth-order valence-electron chi connectivity index (χ4n) is 0.753. The Labute approximate surface area is 86.1 Å². The maximum atomic E-state index is 7.53. The first-order valence-electron chi connectivity index (χ1n) is 3.63. The zero-order chi connectivity index (χ0) is 10.2. The molecule has 1 heterocycles. The Hall–Kier alpha value is -0.950. The van der Waals surface area contributed by atoms with Gasteiger partial charge in [-0.05, 0) is 23.7 Å². The molecule has 2 rings (SSSR count). The molecule has 0 amide bonds. The van der Waals surface area contributed by atoms with Crippen molar-refractivity contribution < 1.29 is 14.6 Å². The van der Waals surface area contributed by atoms with Gasteiger partial charge in [-0.2, -0.15) is 0 Å². The van der Waals surface area contributed by atoms with Crippen molar-refractivity contribution in [2.24, 2.45) is 0 Å². The van der Waals surface area contributed by atoms with Gasteiger partial charge in [0, 0.05) is 0 Å². The van der Waals surface area contributed by atoms with Gasteiger partial charge in [-0.3, -0.25) is 0 Å². The maximum absolute atomic E-state index is 7.53. The summed E-state index contributed by atoms with van der Waals surface area (Å²) in [5.74, 6) is 0. The molecule has 2 aromatic rings. The fourth-order valence-corrected chi connectivity index (χ4v) is 1.31. The van der Waals surface area contributed by atoms with E-state index in [2.05, 4.69) is 14.2 Å². The van der Waals surface area contributed by atoms with Crippen LogP contribution in [0.15, 0.2) is 24.3 Å². The highest BCUT2D eigenvalue weighted by Crippen LogP contribution is 2.12. The third kappa shape index (κ3) is 3.43. The minimum Gasteiger partial charge on any atom is -0.456 e. The van der Waals surface area contributed by atoms with Crippen LogP contribution in [0.3, 0.4) is 0 Å². The van der Waals surface area contributed by atoms with Gasteiger partial charge in [0.1, 0.15) is 5.52 Å². The monoisotopic (exact) mass is 208 g/mol. The number of nitrogens with zero attached hydrogens (tertiary/aromatic N) is 2. The average Bonchev–Trinajstić information content (AvgIpc) is 2.67. The zero-order valence-corrected chi connectivity index (χ0v) is 7.89. The normalized spacial score (nSPS) is 9.00. The molecule has 0 saturated carbocycles. The number of hydrogen-bond acceptors (Lipinski definition) is 6. The molecule has 0 aliphatic heterocycles. The SMILES string of the molecule is O[B]O[B]O.c1ccc2snnc2c1. The summed E-state index contributed by atoms with van der Waals surface area (Å²) >= 11 is 1.43. The average molecular weight is 208 g/mol. The van der Waals surface area contributed by atoms with E-state index in [0.29, 0.717) is 15.4 Å². The zero-order valence-electron chi connectivity index (χ0n) is 7.07. The summed E-state index contributed by atoms with van der Waals surface area (Å²) in [6.45, 7) is 0. The minimum absolute atomic E-state index is 0.375. The minimum atomic E-state index is 0.375. The van der Waals surface area contributed by atoms with E-state index in [1.807, 2.05) is 24.3 Å². The number of rotatable bonds is 2. The third-order valence-corrected chi connectivity index (χ3v) is 1.98. The van der Waals surface area contributed by atoms with E-state index in [0.717, 1.165) is 10.2 Å². The van der Waals surface area contributed by atoms with E-state index in [1.165, 1.54) is 11.5 Å². The quantitative estimate of drug-likeness (QED) is 0.665. The summed E-state index contributed by atoms with van der Waals surface area (Å²) < 4.78 is 8.64. The van der Waals surface area contributed by atoms with Crippen LogP contribution in [0, 0.1) is 0 Å². The molecular weight excluding hydrogens is 202 g/mol. The second-order valence-electron chi connectivity index (χ2n) is 2.09. The van der Waals surface area contributed by atoms with Gasteiger partial charge in [0.25, 0.3) is 0 Å². The summed E-state index contributed by atoms with van der Waals surface area (Å²) in [5.41, 5.74) is 0.988. The highest BCUT2D eigenvalue weighted by molar-refractivity contribution is 7.12. The highest BCUT2D eigenvalue weighted by atomic mass is 32.1. The van der Waals surface area contributed by atoms with E-state index in [1.54, 1.807) is 0 Å². The Balaban J connectivity index is 0.000000171. The summed E-state index contributed by atoms with van der Waals surface area (Å²) in [7, 11) is 0.750. The van der Waals surface area contributed by atoms with Gasteiger partial charge in [0.15, 0.2) is 0 Å². The summed E-state index contributed by atoms with van der Waals surface area (Å²) in [4.78, 5) is 0. The van der Waals surface area contributed by atoms with Gasteiger partial charge in [-0.1, -0.05) is 16.6 Å². The predicted molar refractivity (Wildman–Crippen MR) is 54.4 cm³/mol. The topological polar surface area (TPSA) is 75.5 Å². The van der Waals surface area contributed by atoms with Crippen LogP contribution >= 0.6 is 11.5 Å². The number of benzene rings is 1. The molecule has 0 aliphatic rings. The Kier molecular flexibility index (Phi) is 5.16. The molecular formula is C6H6B2N2O3S. The van der Waals surface area contributed by atoms with Crippen LogP contribution in [-0.2, 0) is 4.57 Å². The van der Waals surface area contributed by atoms with Gasteiger partial charge in [-0.15, -0.1) is 5.10 Å². The summed E-state index contributed by atoms with van der Waals surface area (Å²) in [6, 6.07) is 7.92. The lowest BCUT2D eigenvalue weighted by molar-refractivity contribution is 0.408. The van der Waals surface area contributed by atoms with Crippen molar-refractivity contribution in [1.29, 1.82) is 0 Å². The highest BCUT2D eigenvalue weighted by Gasteiger charge is 1.91. The van der Waals surface area contributed by atoms with E-state index in [4.69, 9.17) is 10.0 Å². The summed E-state index contributed by atoms with van der Waals surface area (Å²) in [6.07, 6.45) is 0. The molecule has 0 atom stereocenters. The lowest BCUT2D eigenvalue weighted by Crippen LogP contribution is -2.00. The number of hydrogen-bond donors (Lipinski definition) is 2. The van der Waals surface area contributed by atoms with Crippen molar-refractivity contribution in [2.45, 2.75) is 0 Å². The molecule has 2 radical (unpaired) electrons. The Morgan fingerprint density at radius 2 is 1.93 bits per heavy atom. The van der Waals surface area contributed by atoms with Crippen LogP contribution < -0.4 is 0 Å². The Morgan fingerprint density at radius 3 is 2.50 bits per heavy atom. The van der Waals surface area contributed by atoms with Crippen molar-refractivity contribution in [3.8, 4) is 0 Å². The largest absolute Gasteiger partial charge is 0.469 e. The molecule has 0 spiro atoms. The fraction of sp³-hybridized carbons (Fsp3) is 0. The Bertz CT molecular complexity index is 340. The molecule has 2 N–H and O–H groups in total. The van der Waals surface area contributed by atoms with E-state index in [9.17, 15) is 0 Å². The predicted octanol–water partition coefficient (Wildman–Crippen LogP) is -0.253. The second-order valence-corrected chi connectivity index (χ2v) is 2.87. The summed E-state index contributed by atoms with van der Waals surface area (Å²) in [5, 5.41) is 18.9. The standard InChI is InChI=1S/C6H4N2S.B2H2O3/c1-2-4-6-5(3-1)7-8-9-6;3-1-5-2-4/h1-4H;3-4H. The molecule has 0 bridgehead atoms. The van der Waals surface area contributed by atoms with Crippen LogP contribution in [-0.4, -0.2) is 35.0 Å². The first-order valence-corrected chi connectivity index (χ1v) is 4.40. The molecule has 14 heavy (non-hydrogen) atoms. The maximum Gasteiger partial charge on any atom is 0.469 e. The van der Waals surface area contributed by atoms with Crippen LogP contribution in [0.25, 0.3) is 10.2 Å².